The SMILES string of the molecule is C#CC(CC)N1CCC(=O)C1. The molecule has 2 heteroatoms. The van der Waals surface area contributed by atoms with Gasteiger partial charge >= 0.3 is 0 Å². The summed E-state index contributed by atoms with van der Waals surface area (Å²) in [6, 6.07) is 0.168. The van der Waals surface area contributed by atoms with Crippen molar-refractivity contribution in [1.29, 1.82) is 0 Å². The van der Waals surface area contributed by atoms with Crippen molar-refractivity contribution in [3.63, 3.8) is 0 Å². The Labute approximate surface area is 67.6 Å². The lowest BCUT2D eigenvalue weighted by Crippen LogP contribution is -2.31. The maximum absolute atomic E-state index is 10.9. The number of nitrogens with zero attached hydrogens (tertiary/aromatic N) is 1. The maximum Gasteiger partial charge on any atom is 0.148 e. The van der Waals surface area contributed by atoms with Crippen LogP contribution in [-0.4, -0.2) is 29.8 Å². The quantitative estimate of drug-likeness (QED) is 0.541. The van der Waals surface area contributed by atoms with Gasteiger partial charge < -0.3 is 0 Å². The minimum atomic E-state index is 0.168. The van der Waals surface area contributed by atoms with E-state index in [9.17, 15) is 4.79 Å². The highest BCUT2D eigenvalue weighted by Gasteiger charge is 2.23. The van der Waals surface area contributed by atoms with E-state index in [-0.39, 0.29) is 6.04 Å². The molecule has 1 unspecified atom stereocenters. The minimum Gasteiger partial charge on any atom is -0.298 e. The summed E-state index contributed by atoms with van der Waals surface area (Å²) in [4.78, 5) is 13.0. The van der Waals surface area contributed by atoms with E-state index in [0.29, 0.717) is 18.7 Å². The highest BCUT2D eigenvalue weighted by atomic mass is 16.1. The van der Waals surface area contributed by atoms with Crippen molar-refractivity contribution in [2.75, 3.05) is 13.1 Å². The number of hydrogen-bond donors (Lipinski definition) is 0. The van der Waals surface area contributed by atoms with Gasteiger partial charge in [0.15, 0.2) is 0 Å². The lowest BCUT2D eigenvalue weighted by atomic mass is 10.2. The molecule has 0 saturated carbocycles. The molecule has 1 aliphatic heterocycles. The molecular weight excluding hydrogens is 138 g/mol. The predicted octanol–water partition coefficient (Wildman–Crippen LogP) is 0.673. The van der Waals surface area contributed by atoms with Gasteiger partial charge in [-0.1, -0.05) is 12.8 Å². The third-order valence-corrected chi connectivity index (χ3v) is 2.08. The average Bonchev–Trinajstić information content (AvgIpc) is 2.39. The van der Waals surface area contributed by atoms with Crippen LogP contribution in [0.5, 0.6) is 0 Å². The summed E-state index contributed by atoms with van der Waals surface area (Å²) in [5, 5.41) is 0. The maximum atomic E-state index is 10.9. The second-order valence-corrected chi connectivity index (χ2v) is 2.85. The van der Waals surface area contributed by atoms with Gasteiger partial charge in [0, 0.05) is 13.0 Å². The third-order valence-electron chi connectivity index (χ3n) is 2.08. The first-order valence-electron chi connectivity index (χ1n) is 3.99. The molecule has 1 heterocycles. The minimum absolute atomic E-state index is 0.168. The van der Waals surface area contributed by atoms with E-state index in [1.54, 1.807) is 0 Å². The molecule has 0 aromatic carbocycles. The normalized spacial score (nSPS) is 21.6. The average molecular weight is 151 g/mol. The van der Waals surface area contributed by atoms with Crippen LogP contribution in [0.1, 0.15) is 19.8 Å². The van der Waals surface area contributed by atoms with Crippen LogP contribution in [0.4, 0.5) is 0 Å². The van der Waals surface area contributed by atoms with Gasteiger partial charge in [0.2, 0.25) is 0 Å². The topological polar surface area (TPSA) is 20.3 Å². The Kier molecular flexibility index (Phi) is 2.67. The summed E-state index contributed by atoms with van der Waals surface area (Å²) in [5.74, 6) is 3.01. The van der Waals surface area contributed by atoms with E-state index < -0.39 is 0 Å². The zero-order valence-electron chi connectivity index (χ0n) is 6.84. The van der Waals surface area contributed by atoms with Crippen molar-refractivity contribution < 1.29 is 4.79 Å². The largest absolute Gasteiger partial charge is 0.298 e. The molecule has 1 fully saturated rings. The highest BCUT2D eigenvalue weighted by Crippen LogP contribution is 2.10. The Morgan fingerprint density at radius 1 is 1.82 bits per heavy atom. The van der Waals surface area contributed by atoms with Crippen LogP contribution >= 0.6 is 0 Å². The van der Waals surface area contributed by atoms with Crippen molar-refractivity contribution in [1.82, 2.24) is 4.90 Å². The molecule has 0 N–H and O–H groups in total. The Balaban J connectivity index is 2.48. The number of terminal acetylenes is 1. The van der Waals surface area contributed by atoms with Crippen LogP contribution in [-0.2, 0) is 4.79 Å². The number of carbonyl (C=O) groups excluding carboxylic acids is 1. The van der Waals surface area contributed by atoms with E-state index in [4.69, 9.17) is 6.42 Å². The fourth-order valence-electron chi connectivity index (χ4n) is 1.40. The first-order chi connectivity index (χ1) is 5.27. The molecule has 0 spiro atoms. The third kappa shape index (κ3) is 1.81. The van der Waals surface area contributed by atoms with Gasteiger partial charge in [0.25, 0.3) is 0 Å². The number of carbonyl (C=O) groups is 1. The Hall–Kier alpha value is -0.810. The van der Waals surface area contributed by atoms with Crippen molar-refractivity contribution in [3.8, 4) is 12.3 Å². The number of likely N-dealkylation sites (tertiary alicyclic amines) is 1. The zero-order chi connectivity index (χ0) is 8.27. The van der Waals surface area contributed by atoms with E-state index in [1.807, 2.05) is 6.92 Å². The summed E-state index contributed by atoms with van der Waals surface area (Å²) >= 11 is 0. The van der Waals surface area contributed by atoms with Crippen LogP contribution in [0.2, 0.25) is 0 Å². The molecule has 2 nitrogen and oxygen atoms in total. The summed E-state index contributed by atoms with van der Waals surface area (Å²) in [5.41, 5.74) is 0. The molecule has 0 aliphatic carbocycles. The molecule has 0 bridgehead atoms. The first-order valence-corrected chi connectivity index (χ1v) is 3.99. The molecule has 0 amide bonds. The molecule has 0 aromatic heterocycles. The van der Waals surface area contributed by atoms with Crippen molar-refractivity contribution in [2.45, 2.75) is 25.8 Å². The Morgan fingerprint density at radius 2 is 2.55 bits per heavy atom. The Bertz CT molecular complexity index is 192. The van der Waals surface area contributed by atoms with Crippen LogP contribution in [0.3, 0.4) is 0 Å². The van der Waals surface area contributed by atoms with Crippen molar-refractivity contribution in [3.05, 3.63) is 0 Å². The molecule has 11 heavy (non-hydrogen) atoms. The molecule has 0 aromatic rings. The van der Waals surface area contributed by atoms with Gasteiger partial charge in [-0.2, -0.15) is 0 Å². The second-order valence-electron chi connectivity index (χ2n) is 2.85. The summed E-state index contributed by atoms with van der Waals surface area (Å²) < 4.78 is 0. The fourth-order valence-corrected chi connectivity index (χ4v) is 1.40. The number of rotatable bonds is 2. The monoisotopic (exact) mass is 151 g/mol. The Morgan fingerprint density at radius 3 is 2.91 bits per heavy atom. The van der Waals surface area contributed by atoms with Crippen LogP contribution in [0.25, 0.3) is 0 Å². The van der Waals surface area contributed by atoms with E-state index in [0.717, 1.165) is 13.0 Å². The molecule has 1 atom stereocenters. The molecule has 1 rings (SSSR count). The standard InChI is InChI=1S/C9H13NO/c1-3-8(4-2)10-6-5-9(11)7-10/h1,8H,4-7H2,2H3. The van der Waals surface area contributed by atoms with Crippen molar-refractivity contribution >= 4 is 5.78 Å². The van der Waals surface area contributed by atoms with E-state index in [1.165, 1.54) is 0 Å². The fraction of sp³-hybridized carbons (Fsp3) is 0.667. The van der Waals surface area contributed by atoms with Crippen molar-refractivity contribution in [2.24, 2.45) is 0 Å². The van der Waals surface area contributed by atoms with Gasteiger partial charge in [0.1, 0.15) is 5.78 Å². The molecule has 1 saturated heterocycles. The van der Waals surface area contributed by atoms with Gasteiger partial charge in [-0.25, -0.2) is 0 Å². The second kappa shape index (κ2) is 3.54. The van der Waals surface area contributed by atoms with E-state index in [2.05, 4.69) is 10.8 Å². The molecular formula is C9H13NO. The smallest absolute Gasteiger partial charge is 0.148 e. The lowest BCUT2D eigenvalue weighted by molar-refractivity contribution is -0.117. The summed E-state index contributed by atoms with van der Waals surface area (Å²) in [6.07, 6.45) is 6.92. The number of ketones is 1. The summed E-state index contributed by atoms with van der Waals surface area (Å²) in [6.45, 7) is 3.46. The van der Waals surface area contributed by atoms with E-state index >= 15 is 0 Å². The molecule has 60 valence electrons. The van der Waals surface area contributed by atoms with Crippen LogP contribution in [0.15, 0.2) is 0 Å². The molecule has 0 radical (unpaired) electrons. The number of hydrogen-bond acceptors (Lipinski definition) is 2. The number of Topliss-reactive ketones (excluding diaryl/α,β-unsaturated/α-hetero) is 1. The van der Waals surface area contributed by atoms with Crippen LogP contribution in [0, 0.1) is 12.3 Å². The molecule has 1 aliphatic rings. The van der Waals surface area contributed by atoms with Crippen LogP contribution < -0.4 is 0 Å². The lowest BCUT2D eigenvalue weighted by Gasteiger charge is -2.19. The zero-order valence-corrected chi connectivity index (χ0v) is 6.84. The van der Waals surface area contributed by atoms with Gasteiger partial charge in [-0.15, -0.1) is 6.42 Å². The summed E-state index contributed by atoms with van der Waals surface area (Å²) in [7, 11) is 0. The predicted molar refractivity (Wildman–Crippen MR) is 44.1 cm³/mol. The van der Waals surface area contributed by atoms with Gasteiger partial charge in [-0.3, -0.25) is 9.69 Å². The first kappa shape index (κ1) is 8.29. The highest BCUT2D eigenvalue weighted by molar-refractivity contribution is 5.82. The van der Waals surface area contributed by atoms with Gasteiger partial charge in [0.05, 0.1) is 12.6 Å². The van der Waals surface area contributed by atoms with Gasteiger partial charge in [-0.05, 0) is 6.42 Å².